The second kappa shape index (κ2) is 8.42. The van der Waals surface area contributed by atoms with Crippen molar-refractivity contribution in [2.75, 3.05) is 23.9 Å². The van der Waals surface area contributed by atoms with Crippen molar-refractivity contribution in [1.82, 2.24) is 0 Å². The average molecular weight is 304 g/mol. The minimum absolute atomic E-state index is 0.0844. The molecule has 5 heteroatoms. The molecule has 0 bridgehead atoms. The number of ether oxygens (including phenoxy) is 2. The molecule has 1 saturated heterocycles. The van der Waals surface area contributed by atoms with Gasteiger partial charge in [-0.3, -0.25) is 4.79 Å². The molecule has 2 aliphatic rings. The van der Waals surface area contributed by atoms with E-state index in [1.165, 1.54) is 31.4 Å². The Morgan fingerprint density at radius 3 is 3.00 bits per heavy atom. The highest BCUT2D eigenvalue weighted by Gasteiger charge is 2.43. The van der Waals surface area contributed by atoms with Crippen molar-refractivity contribution in [2.24, 2.45) is 5.92 Å². The Balaban J connectivity index is 1.38. The van der Waals surface area contributed by atoms with Crippen LogP contribution in [0.1, 0.15) is 38.5 Å². The quantitative estimate of drug-likeness (QED) is 0.308. The number of thioether (sulfide) groups is 1. The number of fused-ring (bicyclic) bond motifs is 1. The summed E-state index contributed by atoms with van der Waals surface area (Å²) in [5, 5.41) is 0. The maximum Gasteiger partial charge on any atom is 0.305 e. The molecule has 0 N–H and O–H groups in total. The largest absolute Gasteiger partial charge is 0.465 e. The standard InChI is InChI=1S/C14H24O3S2/c15-14(2-1-7-18)16-6-9-19-8-5-11-3-4-12-13(10-11)17-12/h11-13,18H,1-10H2. The molecule has 0 amide bonds. The van der Waals surface area contributed by atoms with Gasteiger partial charge >= 0.3 is 5.97 Å². The van der Waals surface area contributed by atoms with Gasteiger partial charge in [-0.1, -0.05) is 0 Å². The minimum atomic E-state index is -0.0844. The third-order valence-electron chi connectivity index (χ3n) is 3.81. The van der Waals surface area contributed by atoms with Crippen molar-refractivity contribution < 1.29 is 14.3 Å². The summed E-state index contributed by atoms with van der Waals surface area (Å²) in [6.45, 7) is 0.550. The van der Waals surface area contributed by atoms with Gasteiger partial charge in [0, 0.05) is 12.2 Å². The molecule has 0 spiro atoms. The van der Waals surface area contributed by atoms with Crippen molar-refractivity contribution in [3.8, 4) is 0 Å². The number of hydrogen-bond donors (Lipinski definition) is 1. The molecule has 1 aliphatic heterocycles. The first-order chi connectivity index (χ1) is 9.29. The van der Waals surface area contributed by atoms with Crippen LogP contribution < -0.4 is 0 Å². The summed E-state index contributed by atoms with van der Waals surface area (Å²) in [7, 11) is 0. The zero-order valence-electron chi connectivity index (χ0n) is 11.4. The smallest absolute Gasteiger partial charge is 0.305 e. The lowest BCUT2D eigenvalue weighted by atomic mass is 9.88. The molecule has 19 heavy (non-hydrogen) atoms. The lowest BCUT2D eigenvalue weighted by molar-refractivity contribution is -0.142. The molecule has 0 radical (unpaired) electrons. The molecule has 110 valence electrons. The van der Waals surface area contributed by atoms with Gasteiger partial charge in [0.25, 0.3) is 0 Å². The zero-order chi connectivity index (χ0) is 13.5. The summed E-state index contributed by atoms with van der Waals surface area (Å²) in [6, 6.07) is 0. The van der Waals surface area contributed by atoms with Gasteiger partial charge in [0.15, 0.2) is 0 Å². The van der Waals surface area contributed by atoms with E-state index < -0.39 is 0 Å². The van der Waals surface area contributed by atoms with Gasteiger partial charge < -0.3 is 9.47 Å². The molecular weight excluding hydrogens is 280 g/mol. The second-order valence-electron chi connectivity index (χ2n) is 5.34. The molecule has 1 heterocycles. The first-order valence-corrected chi connectivity index (χ1v) is 9.08. The number of thiol groups is 1. The predicted molar refractivity (Wildman–Crippen MR) is 82.0 cm³/mol. The van der Waals surface area contributed by atoms with E-state index in [1.807, 2.05) is 11.8 Å². The lowest BCUT2D eigenvalue weighted by Gasteiger charge is -2.18. The fourth-order valence-electron chi connectivity index (χ4n) is 2.61. The summed E-state index contributed by atoms with van der Waals surface area (Å²) >= 11 is 5.97. The van der Waals surface area contributed by atoms with E-state index >= 15 is 0 Å². The van der Waals surface area contributed by atoms with Crippen LogP contribution >= 0.6 is 24.4 Å². The zero-order valence-corrected chi connectivity index (χ0v) is 13.1. The molecule has 3 unspecified atom stereocenters. The summed E-state index contributed by atoms with van der Waals surface area (Å²) < 4.78 is 10.7. The second-order valence-corrected chi connectivity index (χ2v) is 7.01. The Kier molecular flexibility index (Phi) is 6.88. The summed E-state index contributed by atoms with van der Waals surface area (Å²) in [4.78, 5) is 11.2. The SMILES string of the molecule is O=C(CCCS)OCCSCCC1CCC2OC2C1. The monoisotopic (exact) mass is 304 g/mol. The number of carbonyl (C=O) groups excluding carboxylic acids is 1. The van der Waals surface area contributed by atoms with Crippen molar-refractivity contribution in [1.29, 1.82) is 0 Å². The van der Waals surface area contributed by atoms with Crippen LogP contribution in [0.3, 0.4) is 0 Å². The Bertz CT molecular complexity index is 286. The predicted octanol–water partition coefficient (Wildman–Crippen LogP) is 2.93. The van der Waals surface area contributed by atoms with E-state index in [9.17, 15) is 4.79 Å². The number of esters is 1. The van der Waals surface area contributed by atoms with Crippen molar-refractivity contribution in [3.05, 3.63) is 0 Å². The molecule has 0 aromatic rings. The van der Waals surface area contributed by atoms with E-state index in [2.05, 4.69) is 12.6 Å². The Morgan fingerprint density at radius 2 is 2.21 bits per heavy atom. The van der Waals surface area contributed by atoms with Crippen molar-refractivity contribution in [2.45, 2.75) is 50.7 Å². The lowest BCUT2D eigenvalue weighted by Crippen LogP contribution is -2.14. The molecule has 1 aliphatic carbocycles. The van der Waals surface area contributed by atoms with Gasteiger partial charge in [0.2, 0.25) is 0 Å². The minimum Gasteiger partial charge on any atom is -0.465 e. The molecule has 0 aromatic carbocycles. The first kappa shape index (κ1) is 15.5. The molecule has 0 aromatic heterocycles. The highest BCUT2D eigenvalue weighted by Crippen LogP contribution is 2.40. The van der Waals surface area contributed by atoms with E-state index in [1.54, 1.807) is 0 Å². The number of carbonyl (C=O) groups is 1. The fraction of sp³-hybridized carbons (Fsp3) is 0.929. The van der Waals surface area contributed by atoms with Gasteiger partial charge in [-0.15, -0.1) is 0 Å². The van der Waals surface area contributed by atoms with Crippen LogP contribution in [-0.2, 0) is 14.3 Å². The first-order valence-electron chi connectivity index (χ1n) is 7.29. The van der Waals surface area contributed by atoms with Gasteiger partial charge in [-0.2, -0.15) is 24.4 Å². The van der Waals surface area contributed by atoms with Gasteiger partial charge in [-0.25, -0.2) is 0 Å². The third-order valence-corrected chi connectivity index (χ3v) is 5.11. The van der Waals surface area contributed by atoms with Crippen molar-refractivity contribution >= 4 is 30.4 Å². The maximum absolute atomic E-state index is 11.2. The Morgan fingerprint density at radius 1 is 1.32 bits per heavy atom. The number of epoxide rings is 1. The highest BCUT2D eigenvalue weighted by molar-refractivity contribution is 7.99. The molecule has 2 fully saturated rings. The molecule has 2 rings (SSSR count). The average Bonchev–Trinajstić information content (AvgIpc) is 3.18. The highest BCUT2D eigenvalue weighted by atomic mass is 32.2. The Hall–Kier alpha value is 0.130. The van der Waals surface area contributed by atoms with Crippen LogP contribution in [0.4, 0.5) is 0 Å². The van der Waals surface area contributed by atoms with E-state index in [-0.39, 0.29) is 5.97 Å². The fourth-order valence-corrected chi connectivity index (χ4v) is 3.67. The summed E-state index contributed by atoms with van der Waals surface area (Å²) in [6.07, 6.45) is 7.66. The third kappa shape index (κ3) is 5.96. The van der Waals surface area contributed by atoms with Gasteiger partial charge in [-0.05, 0) is 49.5 Å². The van der Waals surface area contributed by atoms with Crippen LogP contribution in [0.15, 0.2) is 0 Å². The summed E-state index contributed by atoms with van der Waals surface area (Å²) in [5.41, 5.74) is 0. The number of rotatable bonds is 9. The van der Waals surface area contributed by atoms with Gasteiger partial charge in [0.05, 0.1) is 12.2 Å². The van der Waals surface area contributed by atoms with Gasteiger partial charge in [0.1, 0.15) is 6.61 Å². The van der Waals surface area contributed by atoms with Crippen LogP contribution in [0.25, 0.3) is 0 Å². The topological polar surface area (TPSA) is 38.8 Å². The Labute approximate surface area is 125 Å². The van der Waals surface area contributed by atoms with Crippen molar-refractivity contribution in [3.63, 3.8) is 0 Å². The van der Waals surface area contributed by atoms with Crippen LogP contribution in [0.2, 0.25) is 0 Å². The molecule has 3 atom stereocenters. The van der Waals surface area contributed by atoms with Crippen LogP contribution in [-0.4, -0.2) is 42.0 Å². The summed E-state index contributed by atoms with van der Waals surface area (Å²) in [5.74, 6) is 3.61. The molecule has 3 nitrogen and oxygen atoms in total. The van der Waals surface area contributed by atoms with E-state index in [0.717, 1.165) is 23.8 Å². The maximum atomic E-state index is 11.2. The number of hydrogen-bond acceptors (Lipinski definition) is 5. The molecule has 1 saturated carbocycles. The van der Waals surface area contributed by atoms with Crippen LogP contribution in [0, 0.1) is 5.92 Å². The molecular formula is C14H24O3S2. The normalized spacial score (nSPS) is 28.8. The van der Waals surface area contributed by atoms with Crippen LogP contribution in [0.5, 0.6) is 0 Å². The van der Waals surface area contributed by atoms with E-state index in [0.29, 0.717) is 25.2 Å². The van der Waals surface area contributed by atoms with E-state index in [4.69, 9.17) is 9.47 Å².